The van der Waals surface area contributed by atoms with Crippen LogP contribution in [0.5, 0.6) is 11.5 Å². The lowest BCUT2D eigenvalue weighted by Gasteiger charge is -2.34. The monoisotopic (exact) mass is 621 g/mol. The fraction of sp³-hybridized carbons (Fsp3) is 0.314. The molecule has 6 rings (SSSR count). The lowest BCUT2D eigenvalue weighted by Crippen LogP contribution is -2.49. The number of carbonyl (C=O) groups is 1. The van der Waals surface area contributed by atoms with Gasteiger partial charge in [0, 0.05) is 44.8 Å². The summed E-state index contributed by atoms with van der Waals surface area (Å²) in [6.07, 6.45) is 2.35. The topological polar surface area (TPSA) is 97.6 Å². The maximum atomic E-state index is 12.8. The third-order valence-electron chi connectivity index (χ3n) is 8.17. The van der Waals surface area contributed by atoms with Gasteiger partial charge in [0.1, 0.15) is 18.1 Å². The van der Waals surface area contributed by atoms with Crippen LogP contribution in [0.25, 0.3) is 5.65 Å². The predicted molar refractivity (Wildman–Crippen MR) is 176 cm³/mol. The molecule has 3 heterocycles. The number of methoxy groups -OCH3 is 2. The number of benzene rings is 3. The van der Waals surface area contributed by atoms with Crippen LogP contribution in [0, 0.1) is 0 Å². The number of piperazine rings is 1. The van der Waals surface area contributed by atoms with Crippen molar-refractivity contribution in [2.75, 3.05) is 50.2 Å². The van der Waals surface area contributed by atoms with Gasteiger partial charge in [-0.1, -0.05) is 61.5 Å². The molecule has 1 aliphatic rings. The van der Waals surface area contributed by atoms with E-state index in [0.29, 0.717) is 51.2 Å². The fourth-order valence-corrected chi connectivity index (χ4v) is 5.49. The first-order chi connectivity index (χ1) is 22.5. The summed E-state index contributed by atoms with van der Waals surface area (Å²) >= 11 is 0. The Kier molecular flexibility index (Phi) is 9.47. The molecule has 5 aromatic rings. The standard InChI is InChI=1S/C35H39N7O4/c1-4-29-22-36-42-32(29)37-33(39-18-20-40(21-19-39)35(43)46-25-28-8-6-5-7-9-28)38-34(42)41(23-26-10-14-30(44-2)15-11-26)24-27-12-16-31(45-3)17-13-27/h5-17,22H,4,18-21,23-25H2,1-3H3. The summed E-state index contributed by atoms with van der Waals surface area (Å²) in [6.45, 7) is 5.73. The van der Waals surface area contributed by atoms with E-state index < -0.39 is 0 Å². The fourth-order valence-electron chi connectivity index (χ4n) is 5.49. The van der Waals surface area contributed by atoms with Crippen LogP contribution in [0.15, 0.2) is 85.1 Å². The summed E-state index contributed by atoms with van der Waals surface area (Å²) in [5, 5.41) is 4.74. The Balaban J connectivity index is 1.27. The van der Waals surface area contributed by atoms with Crippen LogP contribution in [0.2, 0.25) is 0 Å². The van der Waals surface area contributed by atoms with Gasteiger partial charge < -0.3 is 28.9 Å². The molecular weight excluding hydrogens is 582 g/mol. The van der Waals surface area contributed by atoms with Gasteiger partial charge in [0.15, 0.2) is 5.65 Å². The Morgan fingerprint density at radius 2 is 1.39 bits per heavy atom. The minimum Gasteiger partial charge on any atom is -0.497 e. The molecule has 1 aliphatic heterocycles. The predicted octanol–water partition coefficient (Wildman–Crippen LogP) is 5.37. The molecule has 0 aliphatic carbocycles. The number of nitrogens with zero attached hydrogens (tertiary/aromatic N) is 7. The van der Waals surface area contributed by atoms with Crippen molar-refractivity contribution < 1.29 is 19.0 Å². The number of anilines is 2. The number of carbonyl (C=O) groups excluding carboxylic acids is 1. The van der Waals surface area contributed by atoms with Crippen molar-refractivity contribution in [3.8, 4) is 11.5 Å². The number of amides is 1. The van der Waals surface area contributed by atoms with Crippen LogP contribution in [0.1, 0.15) is 29.2 Å². The van der Waals surface area contributed by atoms with Gasteiger partial charge in [0.25, 0.3) is 0 Å². The zero-order valence-electron chi connectivity index (χ0n) is 26.5. The van der Waals surface area contributed by atoms with Crippen LogP contribution in [0.3, 0.4) is 0 Å². The minimum absolute atomic E-state index is 0.252. The molecule has 0 atom stereocenters. The molecule has 0 N–H and O–H groups in total. The highest BCUT2D eigenvalue weighted by atomic mass is 16.6. The molecule has 1 saturated heterocycles. The second kappa shape index (κ2) is 14.2. The highest BCUT2D eigenvalue weighted by Gasteiger charge is 2.26. The summed E-state index contributed by atoms with van der Waals surface area (Å²) in [6, 6.07) is 25.8. The van der Waals surface area contributed by atoms with Gasteiger partial charge in [-0.15, -0.1) is 0 Å². The largest absolute Gasteiger partial charge is 0.497 e. The molecule has 0 unspecified atom stereocenters. The van der Waals surface area contributed by atoms with E-state index in [2.05, 4.69) is 41.0 Å². The van der Waals surface area contributed by atoms with Gasteiger partial charge >= 0.3 is 6.09 Å². The van der Waals surface area contributed by atoms with E-state index in [9.17, 15) is 4.79 Å². The van der Waals surface area contributed by atoms with E-state index in [1.807, 2.05) is 65.3 Å². The second-order valence-corrected chi connectivity index (χ2v) is 11.1. The smallest absolute Gasteiger partial charge is 0.410 e. The molecule has 46 heavy (non-hydrogen) atoms. The first-order valence-electron chi connectivity index (χ1n) is 15.5. The van der Waals surface area contributed by atoms with E-state index in [4.69, 9.17) is 29.3 Å². The summed E-state index contributed by atoms with van der Waals surface area (Å²) in [5.41, 5.74) is 5.00. The van der Waals surface area contributed by atoms with Gasteiger partial charge in [-0.05, 0) is 47.4 Å². The third kappa shape index (κ3) is 6.98. The van der Waals surface area contributed by atoms with Gasteiger partial charge in [-0.2, -0.15) is 19.6 Å². The van der Waals surface area contributed by atoms with Gasteiger partial charge in [-0.25, -0.2) is 4.79 Å². The molecule has 1 amide bonds. The average Bonchev–Trinajstić information content (AvgIpc) is 3.54. The van der Waals surface area contributed by atoms with E-state index in [-0.39, 0.29) is 12.7 Å². The number of aryl methyl sites for hydroxylation is 1. The Hall–Kier alpha value is -5.32. The summed E-state index contributed by atoms with van der Waals surface area (Å²) in [5.74, 6) is 2.92. The van der Waals surface area contributed by atoms with Crippen LogP contribution in [-0.4, -0.2) is 71.0 Å². The molecular formula is C35H39N7O4. The highest BCUT2D eigenvalue weighted by molar-refractivity contribution is 5.68. The zero-order valence-corrected chi connectivity index (χ0v) is 26.5. The molecule has 11 nitrogen and oxygen atoms in total. The number of aromatic nitrogens is 4. The summed E-state index contributed by atoms with van der Waals surface area (Å²) in [4.78, 5) is 29.1. The summed E-state index contributed by atoms with van der Waals surface area (Å²) in [7, 11) is 3.33. The molecule has 238 valence electrons. The van der Waals surface area contributed by atoms with Crippen LogP contribution in [-0.2, 0) is 30.9 Å². The molecule has 3 aromatic carbocycles. The molecule has 11 heteroatoms. The Morgan fingerprint density at radius 3 is 1.96 bits per heavy atom. The van der Waals surface area contributed by atoms with Crippen molar-refractivity contribution >= 4 is 23.6 Å². The van der Waals surface area contributed by atoms with E-state index in [0.717, 1.165) is 45.8 Å². The summed E-state index contributed by atoms with van der Waals surface area (Å²) < 4.78 is 18.2. The van der Waals surface area contributed by atoms with Gasteiger partial charge in [0.2, 0.25) is 11.9 Å². The number of hydrogen-bond acceptors (Lipinski definition) is 9. The normalized spacial score (nSPS) is 13.1. The average molecular weight is 622 g/mol. The zero-order chi connectivity index (χ0) is 31.9. The van der Waals surface area contributed by atoms with Crippen molar-refractivity contribution in [3.63, 3.8) is 0 Å². The van der Waals surface area contributed by atoms with Crippen LogP contribution >= 0.6 is 0 Å². The Labute approximate surface area is 269 Å². The lowest BCUT2D eigenvalue weighted by molar-refractivity contribution is 0.0940. The lowest BCUT2D eigenvalue weighted by atomic mass is 10.1. The van der Waals surface area contributed by atoms with Crippen molar-refractivity contribution in [1.29, 1.82) is 0 Å². The van der Waals surface area contributed by atoms with Crippen molar-refractivity contribution in [1.82, 2.24) is 24.5 Å². The molecule has 1 fully saturated rings. The van der Waals surface area contributed by atoms with Crippen LogP contribution < -0.4 is 19.3 Å². The molecule has 0 bridgehead atoms. The second-order valence-electron chi connectivity index (χ2n) is 11.1. The van der Waals surface area contributed by atoms with Crippen molar-refractivity contribution in [3.05, 3.63) is 107 Å². The maximum absolute atomic E-state index is 12.8. The Bertz CT molecular complexity index is 1690. The van der Waals surface area contributed by atoms with E-state index in [1.165, 1.54) is 0 Å². The number of ether oxygens (including phenoxy) is 3. The highest BCUT2D eigenvalue weighted by Crippen LogP contribution is 2.26. The number of hydrogen-bond donors (Lipinski definition) is 0. The first-order valence-corrected chi connectivity index (χ1v) is 15.5. The maximum Gasteiger partial charge on any atom is 0.410 e. The van der Waals surface area contributed by atoms with Crippen molar-refractivity contribution in [2.24, 2.45) is 0 Å². The van der Waals surface area contributed by atoms with Gasteiger partial charge in [-0.3, -0.25) is 0 Å². The quantitative estimate of drug-likeness (QED) is 0.193. The minimum atomic E-state index is -0.310. The molecule has 2 aromatic heterocycles. The SMILES string of the molecule is CCc1cnn2c(N(Cc3ccc(OC)cc3)Cc3ccc(OC)cc3)nc(N3CCN(C(=O)OCc4ccccc4)CC3)nc12. The first kappa shape index (κ1) is 30.7. The van der Waals surface area contributed by atoms with Crippen LogP contribution in [0.4, 0.5) is 16.7 Å². The van der Waals surface area contributed by atoms with E-state index >= 15 is 0 Å². The number of fused-ring (bicyclic) bond motifs is 1. The Morgan fingerprint density at radius 1 is 0.783 bits per heavy atom. The molecule has 0 radical (unpaired) electrons. The third-order valence-corrected chi connectivity index (χ3v) is 8.17. The van der Waals surface area contributed by atoms with Gasteiger partial charge in [0.05, 0.1) is 20.4 Å². The van der Waals surface area contributed by atoms with Crippen molar-refractivity contribution in [2.45, 2.75) is 33.0 Å². The van der Waals surface area contributed by atoms with E-state index in [1.54, 1.807) is 19.1 Å². The molecule has 0 saturated carbocycles. The number of rotatable bonds is 11. The molecule has 0 spiro atoms.